The number of hydrogen-bond donors (Lipinski definition) is 1. The van der Waals surface area contributed by atoms with Crippen molar-refractivity contribution in [3.05, 3.63) is 11.1 Å². The third kappa shape index (κ3) is 3.95. The number of nitrogens with zero attached hydrogens (tertiary/aromatic N) is 2. The average molecular weight is 267 g/mol. The molecule has 18 heavy (non-hydrogen) atoms. The van der Waals surface area contributed by atoms with Gasteiger partial charge in [0.2, 0.25) is 0 Å². The van der Waals surface area contributed by atoms with Crippen molar-refractivity contribution in [1.29, 1.82) is 0 Å². The van der Waals surface area contributed by atoms with Crippen LogP contribution in [0.25, 0.3) is 0 Å². The van der Waals surface area contributed by atoms with Crippen LogP contribution in [0.3, 0.4) is 0 Å². The second-order valence-corrected chi connectivity index (χ2v) is 6.68. The first-order chi connectivity index (χ1) is 8.65. The van der Waals surface area contributed by atoms with E-state index in [4.69, 9.17) is 4.98 Å². The van der Waals surface area contributed by atoms with Gasteiger partial charge in [0.25, 0.3) is 0 Å². The minimum Gasteiger partial charge on any atom is -0.348 e. The van der Waals surface area contributed by atoms with Crippen molar-refractivity contribution in [2.75, 3.05) is 24.5 Å². The van der Waals surface area contributed by atoms with Gasteiger partial charge in [0, 0.05) is 25.0 Å². The lowest BCUT2D eigenvalue weighted by molar-refractivity contribution is 0.446. The summed E-state index contributed by atoms with van der Waals surface area (Å²) >= 11 is 1.79. The zero-order valence-electron chi connectivity index (χ0n) is 11.8. The van der Waals surface area contributed by atoms with E-state index in [1.165, 1.54) is 36.8 Å². The third-order valence-corrected chi connectivity index (χ3v) is 4.28. The summed E-state index contributed by atoms with van der Waals surface area (Å²) in [5, 5.41) is 6.86. The van der Waals surface area contributed by atoms with Gasteiger partial charge in [-0.1, -0.05) is 20.8 Å². The van der Waals surface area contributed by atoms with Crippen molar-refractivity contribution < 1.29 is 0 Å². The van der Waals surface area contributed by atoms with E-state index in [9.17, 15) is 0 Å². The molecule has 102 valence electrons. The van der Waals surface area contributed by atoms with Crippen LogP contribution < -0.4 is 10.2 Å². The monoisotopic (exact) mass is 267 g/mol. The molecule has 1 aliphatic rings. The predicted octanol–water partition coefficient (Wildman–Crippen LogP) is 3.13. The first-order valence-corrected chi connectivity index (χ1v) is 7.93. The minimum absolute atomic E-state index is 0.700. The number of hydrogen-bond acceptors (Lipinski definition) is 4. The molecule has 2 rings (SSSR count). The Morgan fingerprint density at radius 1 is 1.56 bits per heavy atom. The summed E-state index contributed by atoms with van der Waals surface area (Å²) in [6, 6.07) is 0. The highest BCUT2D eigenvalue weighted by molar-refractivity contribution is 7.13. The molecule has 1 saturated heterocycles. The molecule has 0 amide bonds. The van der Waals surface area contributed by atoms with Gasteiger partial charge < -0.3 is 10.2 Å². The predicted molar refractivity (Wildman–Crippen MR) is 79.3 cm³/mol. The summed E-state index contributed by atoms with van der Waals surface area (Å²) in [6.07, 6.45) is 2.67. The van der Waals surface area contributed by atoms with Gasteiger partial charge >= 0.3 is 0 Å². The van der Waals surface area contributed by atoms with Crippen LogP contribution in [0.15, 0.2) is 5.38 Å². The molecule has 1 unspecified atom stereocenters. The fourth-order valence-corrected chi connectivity index (χ4v) is 3.24. The van der Waals surface area contributed by atoms with Crippen LogP contribution in [0, 0.1) is 11.8 Å². The third-order valence-electron chi connectivity index (χ3n) is 3.33. The summed E-state index contributed by atoms with van der Waals surface area (Å²) < 4.78 is 0. The highest BCUT2D eigenvalue weighted by Crippen LogP contribution is 2.26. The van der Waals surface area contributed by atoms with Gasteiger partial charge in [0.1, 0.15) is 0 Å². The fraction of sp³-hybridized carbons (Fsp3) is 0.786. The van der Waals surface area contributed by atoms with Crippen LogP contribution in [0.5, 0.6) is 0 Å². The molecule has 1 fully saturated rings. The number of thiazole rings is 1. The van der Waals surface area contributed by atoms with Gasteiger partial charge in [0.05, 0.1) is 5.69 Å². The Morgan fingerprint density at radius 2 is 2.39 bits per heavy atom. The summed E-state index contributed by atoms with van der Waals surface area (Å²) in [7, 11) is 0. The maximum atomic E-state index is 4.75. The number of nitrogens with one attached hydrogen (secondary N) is 1. The maximum Gasteiger partial charge on any atom is 0.185 e. The minimum atomic E-state index is 0.700. The summed E-state index contributed by atoms with van der Waals surface area (Å²) in [6.45, 7) is 11.1. The van der Waals surface area contributed by atoms with Gasteiger partial charge in [0.15, 0.2) is 5.13 Å². The molecule has 0 aliphatic carbocycles. The lowest BCUT2D eigenvalue weighted by Crippen LogP contribution is -2.34. The Bertz CT molecular complexity index is 362. The molecule has 1 atom stereocenters. The highest BCUT2D eigenvalue weighted by atomic mass is 32.1. The molecule has 0 radical (unpaired) electrons. The zero-order valence-corrected chi connectivity index (χ0v) is 12.6. The standard InChI is InChI=1S/C14H25N3S/c1-11(2)7-15-8-13-10-18-14(16-13)17-6-4-5-12(3)9-17/h10-12,15H,4-9H2,1-3H3. The van der Waals surface area contributed by atoms with Crippen LogP contribution in [0.4, 0.5) is 5.13 Å². The van der Waals surface area contributed by atoms with Crippen molar-refractivity contribution in [2.45, 2.75) is 40.2 Å². The van der Waals surface area contributed by atoms with Crippen molar-refractivity contribution in [1.82, 2.24) is 10.3 Å². The fourth-order valence-electron chi connectivity index (χ4n) is 2.37. The number of piperidine rings is 1. The first-order valence-electron chi connectivity index (χ1n) is 7.05. The SMILES string of the molecule is CC(C)CNCc1csc(N2CCCC(C)C2)n1. The summed E-state index contributed by atoms with van der Waals surface area (Å²) in [4.78, 5) is 7.20. The van der Waals surface area contributed by atoms with Gasteiger partial charge in [-0.25, -0.2) is 4.98 Å². The molecule has 1 aliphatic heterocycles. The Hall–Kier alpha value is -0.610. The van der Waals surface area contributed by atoms with E-state index in [0.29, 0.717) is 5.92 Å². The van der Waals surface area contributed by atoms with Crippen molar-refractivity contribution in [3.63, 3.8) is 0 Å². The van der Waals surface area contributed by atoms with E-state index in [2.05, 4.69) is 36.4 Å². The van der Waals surface area contributed by atoms with Gasteiger partial charge in [-0.05, 0) is 31.2 Å². The van der Waals surface area contributed by atoms with Crippen LogP contribution in [-0.2, 0) is 6.54 Å². The van der Waals surface area contributed by atoms with Crippen LogP contribution >= 0.6 is 11.3 Å². The molecule has 4 heteroatoms. The van der Waals surface area contributed by atoms with E-state index in [1.807, 2.05) is 0 Å². The van der Waals surface area contributed by atoms with Crippen molar-refractivity contribution in [3.8, 4) is 0 Å². The smallest absolute Gasteiger partial charge is 0.185 e. The molecule has 1 aromatic heterocycles. The highest BCUT2D eigenvalue weighted by Gasteiger charge is 2.18. The molecule has 0 bridgehead atoms. The zero-order chi connectivity index (χ0) is 13.0. The Morgan fingerprint density at radius 3 is 3.11 bits per heavy atom. The molecular weight excluding hydrogens is 242 g/mol. The Labute approximate surface area is 115 Å². The molecular formula is C14H25N3S. The van der Waals surface area contributed by atoms with Crippen molar-refractivity contribution in [2.24, 2.45) is 11.8 Å². The van der Waals surface area contributed by atoms with E-state index >= 15 is 0 Å². The van der Waals surface area contributed by atoms with E-state index in [0.717, 1.165) is 19.0 Å². The van der Waals surface area contributed by atoms with Crippen LogP contribution in [-0.4, -0.2) is 24.6 Å². The quantitative estimate of drug-likeness (QED) is 0.888. The van der Waals surface area contributed by atoms with Crippen LogP contribution in [0.1, 0.15) is 39.3 Å². The molecule has 0 aromatic carbocycles. The van der Waals surface area contributed by atoms with Gasteiger partial charge in [-0.3, -0.25) is 0 Å². The Kier molecular flexibility index (Phi) is 5.01. The molecule has 0 saturated carbocycles. The first kappa shape index (κ1) is 13.8. The molecule has 2 heterocycles. The van der Waals surface area contributed by atoms with Crippen molar-refractivity contribution >= 4 is 16.5 Å². The number of rotatable bonds is 5. The van der Waals surface area contributed by atoms with Gasteiger partial charge in [-0.15, -0.1) is 11.3 Å². The summed E-state index contributed by atoms with van der Waals surface area (Å²) in [5.74, 6) is 1.51. The average Bonchev–Trinajstić information content (AvgIpc) is 2.77. The molecule has 3 nitrogen and oxygen atoms in total. The van der Waals surface area contributed by atoms with Gasteiger partial charge in [-0.2, -0.15) is 0 Å². The maximum absolute atomic E-state index is 4.75. The van der Waals surface area contributed by atoms with E-state index in [1.54, 1.807) is 11.3 Å². The molecule has 1 aromatic rings. The Balaban J connectivity index is 1.85. The van der Waals surface area contributed by atoms with E-state index in [-0.39, 0.29) is 0 Å². The normalized spacial score (nSPS) is 20.7. The lowest BCUT2D eigenvalue weighted by Gasteiger charge is -2.30. The molecule has 0 spiro atoms. The number of anilines is 1. The lowest BCUT2D eigenvalue weighted by atomic mass is 10.0. The second-order valence-electron chi connectivity index (χ2n) is 5.84. The number of aromatic nitrogens is 1. The molecule has 1 N–H and O–H groups in total. The topological polar surface area (TPSA) is 28.2 Å². The van der Waals surface area contributed by atoms with Crippen LogP contribution in [0.2, 0.25) is 0 Å². The largest absolute Gasteiger partial charge is 0.348 e. The second kappa shape index (κ2) is 6.53. The summed E-state index contributed by atoms with van der Waals surface area (Å²) in [5.41, 5.74) is 1.19. The van der Waals surface area contributed by atoms with E-state index < -0.39 is 0 Å².